The van der Waals surface area contributed by atoms with Gasteiger partial charge in [-0.3, -0.25) is 4.79 Å². The third kappa shape index (κ3) is 4.47. The molecule has 0 spiro atoms. The molecule has 126 valence electrons. The van der Waals surface area contributed by atoms with Gasteiger partial charge in [-0.1, -0.05) is 30.3 Å². The fourth-order valence-corrected chi connectivity index (χ4v) is 2.90. The number of rotatable bonds is 5. The van der Waals surface area contributed by atoms with Crippen molar-refractivity contribution in [3.8, 4) is 5.88 Å². The van der Waals surface area contributed by atoms with Crippen molar-refractivity contribution in [3.05, 3.63) is 54.2 Å². The van der Waals surface area contributed by atoms with Gasteiger partial charge in [-0.15, -0.1) is 0 Å². The Morgan fingerprint density at radius 2 is 1.83 bits per heavy atom. The highest BCUT2D eigenvalue weighted by Crippen LogP contribution is 2.28. The van der Waals surface area contributed by atoms with E-state index in [1.165, 1.54) is 0 Å². The van der Waals surface area contributed by atoms with E-state index in [4.69, 9.17) is 15.2 Å². The Bertz CT molecular complexity index is 650. The van der Waals surface area contributed by atoms with Crippen LogP contribution in [0.15, 0.2) is 48.7 Å². The molecule has 2 N–H and O–H groups in total. The van der Waals surface area contributed by atoms with E-state index in [0.29, 0.717) is 18.2 Å². The minimum Gasteiger partial charge on any atom is -0.474 e. The van der Waals surface area contributed by atoms with Gasteiger partial charge >= 0.3 is 5.97 Å². The molecule has 5 heteroatoms. The summed E-state index contributed by atoms with van der Waals surface area (Å²) >= 11 is 0. The Labute approximate surface area is 141 Å². The zero-order chi connectivity index (χ0) is 16.8. The van der Waals surface area contributed by atoms with Crippen LogP contribution in [0.1, 0.15) is 31.2 Å². The fourth-order valence-electron chi connectivity index (χ4n) is 2.90. The molecule has 0 unspecified atom stereocenters. The molecule has 1 heterocycles. The van der Waals surface area contributed by atoms with Crippen LogP contribution in [0.3, 0.4) is 0 Å². The molecule has 1 saturated carbocycles. The molecule has 5 nitrogen and oxygen atoms in total. The van der Waals surface area contributed by atoms with Gasteiger partial charge in [0, 0.05) is 6.07 Å². The molecule has 0 radical (unpaired) electrons. The molecule has 0 aliphatic heterocycles. The van der Waals surface area contributed by atoms with Crippen LogP contribution in [0.25, 0.3) is 0 Å². The molecule has 1 aliphatic rings. The molecule has 1 fully saturated rings. The van der Waals surface area contributed by atoms with Gasteiger partial charge in [0.1, 0.15) is 12.7 Å². The van der Waals surface area contributed by atoms with Crippen molar-refractivity contribution in [1.29, 1.82) is 0 Å². The number of hydrogen-bond acceptors (Lipinski definition) is 5. The first-order valence-corrected chi connectivity index (χ1v) is 8.29. The summed E-state index contributed by atoms with van der Waals surface area (Å²) in [6, 6.07) is 13.3. The number of hydrogen-bond donors (Lipinski definition) is 1. The largest absolute Gasteiger partial charge is 0.474 e. The molecule has 0 atom stereocenters. The molecule has 0 bridgehead atoms. The predicted octanol–water partition coefficient (Wildman–Crippen LogP) is 3.34. The van der Waals surface area contributed by atoms with E-state index < -0.39 is 0 Å². The highest BCUT2D eigenvalue weighted by atomic mass is 16.5. The zero-order valence-electron chi connectivity index (χ0n) is 13.6. The molecule has 0 amide bonds. The summed E-state index contributed by atoms with van der Waals surface area (Å²) in [7, 11) is 0. The number of ether oxygens (including phenoxy) is 2. The summed E-state index contributed by atoms with van der Waals surface area (Å²) in [4.78, 5) is 16.3. The van der Waals surface area contributed by atoms with Crippen molar-refractivity contribution >= 4 is 11.7 Å². The zero-order valence-corrected chi connectivity index (χ0v) is 13.6. The molecule has 3 rings (SSSR count). The van der Waals surface area contributed by atoms with Crippen molar-refractivity contribution in [2.45, 2.75) is 38.4 Å². The van der Waals surface area contributed by atoms with Gasteiger partial charge in [0.25, 0.3) is 0 Å². The number of esters is 1. The van der Waals surface area contributed by atoms with Crippen LogP contribution >= 0.6 is 0 Å². The second kappa shape index (κ2) is 7.81. The van der Waals surface area contributed by atoms with Crippen LogP contribution in [-0.2, 0) is 16.1 Å². The monoisotopic (exact) mass is 326 g/mol. The highest BCUT2D eigenvalue weighted by molar-refractivity contribution is 5.72. The van der Waals surface area contributed by atoms with Crippen molar-refractivity contribution in [1.82, 2.24) is 4.98 Å². The topological polar surface area (TPSA) is 74.4 Å². The summed E-state index contributed by atoms with van der Waals surface area (Å²) < 4.78 is 11.3. The van der Waals surface area contributed by atoms with Crippen LogP contribution < -0.4 is 10.5 Å². The number of nitrogen functional groups attached to an aromatic ring is 1. The molecular weight excluding hydrogens is 304 g/mol. The molecule has 0 saturated heterocycles. The first-order valence-electron chi connectivity index (χ1n) is 8.29. The van der Waals surface area contributed by atoms with Crippen molar-refractivity contribution in [2.24, 2.45) is 5.92 Å². The smallest absolute Gasteiger partial charge is 0.309 e. The Morgan fingerprint density at radius 3 is 2.50 bits per heavy atom. The van der Waals surface area contributed by atoms with Gasteiger partial charge in [0.15, 0.2) is 0 Å². The summed E-state index contributed by atoms with van der Waals surface area (Å²) in [5.41, 5.74) is 7.24. The number of pyridine rings is 1. The third-order valence-electron chi connectivity index (χ3n) is 4.28. The maximum absolute atomic E-state index is 12.2. The first-order chi connectivity index (χ1) is 11.7. The lowest BCUT2D eigenvalue weighted by molar-refractivity contribution is -0.151. The Balaban J connectivity index is 1.42. The fraction of sp³-hybridized carbons (Fsp3) is 0.368. The number of anilines is 1. The summed E-state index contributed by atoms with van der Waals surface area (Å²) in [5.74, 6) is 0.440. The van der Waals surface area contributed by atoms with Crippen molar-refractivity contribution in [3.63, 3.8) is 0 Å². The lowest BCUT2D eigenvalue weighted by Gasteiger charge is -2.27. The Hall–Kier alpha value is -2.56. The van der Waals surface area contributed by atoms with Crippen molar-refractivity contribution in [2.75, 3.05) is 5.73 Å². The van der Waals surface area contributed by atoms with Gasteiger partial charge in [-0.2, -0.15) is 0 Å². The summed E-state index contributed by atoms with van der Waals surface area (Å²) in [6.07, 6.45) is 4.91. The molecule has 1 aliphatic carbocycles. The van der Waals surface area contributed by atoms with E-state index in [9.17, 15) is 4.79 Å². The van der Waals surface area contributed by atoms with E-state index in [-0.39, 0.29) is 18.0 Å². The number of carbonyl (C=O) groups is 1. The average Bonchev–Trinajstić information content (AvgIpc) is 2.63. The standard InChI is InChI=1S/C19H22N2O3/c20-16-8-11-18(21-12-16)24-17-9-6-15(7-10-17)19(22)23-13-14-4-2-1-3-5-14/h1-5,8,11-12,15,17H,6-7,9-10,13,20H2/t15-,17-. The lowest BCUT2D eigenvalue weighted by Crippen LogP contribution is -2.29. The number of carbonyl (C=O) groups excluding carboxylic acids is 1. The van der Waals surface area contributed by atoms with E-state index in [1.54, 1.807) is 18.3 Å². The minimum absolute atomic E-state index is 0.0343. The first kappa shape index (κ1) is 16.3. The average molecular weight is 326 g/mol. The molecule has 24 heavy (non-hydrogen) atoms. The van der Waals surface area contributed by atoms with Crippen LogP contribution in [0, 0.1) is 5.92 Å². The van der Waals surface area contributed by atoms with Crippen molar-refractivity contribution < 1.29 is 14.3 Å². The second-order valence-corrected chi connectivity index (χ2v) is 6.11. The van der Waals surface area contributed by atoms with E-state index in [1.807, 2.05) is 30.3 Å². The van der Waals surface area contributed by atoms with E-state index in [0.717, 1.165) is 31.2 Å². The third-order valence-corrected chi connectivity index (χ3v) is 4.28. The molecule has 1 aromatic heterocycles. The van der Waals surface area contributed by atoms with E-state index >= 15 is 0 Å². The molecular formula is C19H22N2O3. The SMILES string of the molecule is Nc1ccc(O[C@H]2CC[C@H](C(=O)OCc3ccccc3)CC2)nc1. The Morgan fingerprint density at radius 1 is 1.08 bits per heavy atom. The maximum Gasteiger partial charge on any atom is 0.309 e. The predicted molar refractivity (Wildman–Crippen MR) is 91.3 cm³/mol. The van der Waals surface area contributed by atoms with Gasteiger partial charge in [-0.05, 0) is 37.3 Å². The van der Waals surface area contributed by atoms with Crippen LogP contribution in [0.5, 0.6) is 5.88 Å². The maximum atomic E-state index is 12.2. The minimum atomic E-state index is -0.108. The second-order valence-electron chi connectivity index (χ2n) is 6.11. The van der Waals surface area contributed by atoms with E-state index in [2.05, 4.69) is 4.98 Å². The number of aromatic nitrogens is 1. The number of nitrogens with zero attached hydrogens (tertiary/aromatic N) is 1. The van der Waals surface area contributed by atoms with Crippen LogP contribution in [-0.4, -0.2) is 17.1 Å². The summed E-state index contributed by atoms with van der Waals surface area (Å²) in [6.45, 7) is 0.339. The normalized spacial score (nSPS) is 20.3. The summed E-state index contributed by atoms with van der Waals surface area (Å²) in [5, 5.41) is 0. The van der Waals surface area contributed by atoms with Gasteiger partial charge in [-0.25, -0.2) is 4.98 Å². The molecule has 2 aromatic rings. The van der Waals surface area contributed by atoms with Gasteiger partial charge < -0.3 is 15.2 Å². The number of nitrogens with two attached hydrogens (primary N) is 1. The Kier molecular flexibility index (Phi) is 5.31. The highest BCUT2D eigenvalue weighted by Gasteiger charge is 2.28. The van der Waals surface area contributed by atoms with Gasteiger partial charge in [0.2, 0.25) is 5.88 Å². The quantitative estimate of drug-likeness (QED) is 0.853. The van der Waals surface area contributed by atoms with Gasteiger partial charge in [0.05, 0.1) is 17.8 Å². The number of benzene rings is 1. The lowest BCUT2D eigenvalue weighted by atomic mass is 9.87. The van der Waals surface area contributed by atoms with Crippen LogP contribution in [0.4, 0.5) is 5.69 Å². The molecule has 1 aromatic carbocycles. The van der Waals surface area contributed by atoms with Crippen LogP contribution in [0.2, 0.25) is 0 Å².